The van der Waals surface area contributed by atoms with E-state index in [-0.39, 0.29) is 24.0 Å². The van der Waals surface area contributed by atoms with Crippen LogP contribution in [0.4, 0.5) is 0 Å². The van der Waals surface area contributed by atoms with Gasteiger partial charge in [0.2, 0.25) is 23.0 Å². The molecule has 0 aliphatic carbocycles. The van der Waals surface area contributed by atoms with E-state index in [0.717, 1.165) is 11.5 Å². The molecule has 138 valence electrons. The van der Waals surface area contributed by atoms with Gasteiger partial charge < -0.3 is 20.2 Å². The van der Waals surface area contributed by atoms with E-state index in [0.29, 0.717) is 31.7 Å². The molecule has 25 heavy (non-hydrogen) atoms. The fourth-order valence-corrected chi connectivity index (χ4v) is 4.29. The van der Waals surface area contributed by atoms with Crippen LogP contribution in [0.5, 0.6) is 5.75 Å². The zero-order valence-corrected chi connectivity index (χ0v) is 15.3. The Labute approximate surface area is 150 Å². The molecule has 1 aliphatic rings. The second-order valence-corrected chi connectivity index (χ2v) is 7.53. The van der Waals surface area contributed by atoms with E-state index in [4.69, 9.17) is 4.42 Å². The minimum atomic E-state index is -0.682. The smallest absolute Gasteiger partial charge is 0.227 e. The van der Waals surface area contributed by atoms with Crippen molar-refractivity contribution in [3.05, 3.63) is 27.8 Å². The van der Waals surface area contributed by atoms with Crippen LogP contribution in [-0.4, -0.2) is 41.5 Å². The molecule has 1 saturated heterocycles. The van der Waals surface area contributed by atoms with Crippen LogP contribution in [-0.2, 0) is 15.0 Å². The average Bonchev–Trinajstić information content (AvgIpc) is 2.55. The van der Waals surface area contributed by atoms with Crippen molar-refractivity contribution in [2.45, 2.75) is 38.5 Å². The Morgan fingerprint density at radius 2 is 1.92 bits per heavy atom. The number of rotatable bonds is 6. The molecule has 1 fully saturated rings. The number of carbonyl (C=O) groups excluding carboxylic acids is 2. The summed E-state index contributed by atoms with van der Waals surface area (Å²) in [5.74, 6) is 1.55. The molecular weight excluding hydrogens is 344 g/mol. The van der Waals surface area contributed by atoms with E-state index in [2.05, 4.69) is 10.6 Å². The molecule has 0 bridgehead atoms. The highest BCUT2D eigenvalue weighted by Crippen LogP contribution is 2.43. The quantitative estimate of drug-likeness (QED) is 0.648. The Morgan fingerprint density at radius 3 is 2.56 bits per heavy atom. The second kappa shape index (κ2) is 8.42. The highest BCUT2D eigenvalue weighted by molar-refractivity contribution is 7.99. The molecule has 3 N–H and O–H groups in total. The molecule has 0 radical (unpaired) electrons. The highest BCUT2D eigenvalue weighted by Gasteiger charge is 2.41. The van der Waals surface area contributed by atoms with Gasteiger partial charge in [-0.25, -0.2) is 0 Å². The van der Waals surface area contributed by atoms with E-state index >= 15 is 0 Å². The fraction of sp³-hybridized carbons (Fsp3) is 0.588. The number of aryl methyl sites for hydroxylation is 1. The lowest BCUT2D eigenvalue weighted by molar-refractivity contribution is -0.123. The number of aromatic hydroxyl groups is 1. The molecule has 0 spiro atoms. The van der Waals surface area contributed by atoms with Gasteiger partial charge in [-0.3, -0.25) is 14.4 Å². The molecule has 2 rings (SSSR count). The Bertz CT molecular complexity index is 695. The maximum Gasteiger partial charge on any atom is 0.227 e. The molecule has 0 unspecified atom stereocenters. The number of hydrogen-bond donors (Lipinski definition) is 3. The molecule has 7 nitrogen and oxygen atoms in total. The van der Waals surface area contributed by atoms with Crippen molar-refractivity contribution < 1.29 is 19.1 Å². The second-order valence-electron chi connectivity index (χ2n) is 6.30. The summed E-state index contributed by atoms with van der Waals surface area (Å²) >= 11 is 1.78. The molecule has 0 aromatic carbocycles. The fourth-order valence-electron chi connectivity index (χ4n) is 3.02. The molecule has 0 saturated carbocycles. The summed E-state index contributed by atoms with van der Waals surface area (Å²) in [6, 6.07) is 1.25. The van der Waals surface area contributed by atoms with Crippen LogP contribution in [0, 0.1) is 6.92 Å². The maximum atomic E-state index is 12.4. The molecule has 8 heteroatoms. The van der Waals surface area contributed by atoms with Gasteiger partial charge in [0.05, 0.1) is 0 Å². The summed E-state index contributed by atoms with van der Waals surface area (Å²) in [4.78, 5) is 35.2. The summed E-state index contributed by atoms with van der Waals surface area (Å²) in [6.07, 6.45) is 1.43. The minimum Gasteiger partial charge on any atom is -0.502 e. The molecule has 1 aliphatic heterocycles. The molecule has 2 heterocycles. The van der Waals surface area contributed by atoms with Gasteiger partial charge in [0.15, 0.2) is 5.76 Å². The maximum absolute atomic E-state index is 12.4. The van der Waals surface area contributed by atoms with Gasteiger partial charge in [0, 0.05) is 37.9 Å². The third-order valence-corrected chi connectivity index (χ3v) is 5.28. The predicted molar refractivity (Wildman–Crippen MR) is 95.9 cm³/mol. The standard InChI is InChI=1S/C17H24N2O5S/c1-11-9-13(21)15(23)16(24-11)17(3-7-25-8-4-17)10-14(22)19-6-5-18-12(2)20/h9,23H,3-8,10H2,1-2H3,(H,18,20)(H,19,22). The van der Waals surface area contributed by atoms with Gasteiger partial charge in [0.25, 0.3) is 0 Å². The van der Waals surface area contributed by atoms with Crippen LogP contribution in [0.15, 0.2) is 15.3 Å². The summed E-state index contributed by atoms with van der Waals surface area (Å²) < 4.78 is 5.69. The monoisotopic (exact) mass is 368 g/mol. The van der Waals surface area contributed by atoms with Crippen LogP contribution in [0.25, 0.3) is 0 Å². The Kier molecular flexibility index (Phi) is 6.52. The van der Waals surface area contributed by atoms with Gasteiger partial charge in [-0.15, -0.1) is 0 Å². The van der Waals surface area contributed by atoms with Crippen molar-refractivity contribution >= 4 is 23.6 Å². The van der Waals surface area contributed by atoms with Crippen molar-refractivity contribution in [1.29, 1.82) is 0 Å². The molecular formula is C17H24N2O5S. The van der Waals surface area contributed by atoms with Gasteiger partial charge in [-0.1, -0.05) is 0 Å². The summed E-state index contributed by atoms with van der Waals surface area (Å²) in [5, 5.41) is 15.6. The van der Waals surface area contributed by atoms with Gasteiger partial charge >= 0.3 is 0 Å². The minimum absolute atomic E-state index is 0.133. The van der Waals surface area contributed by atoms with Gasteiger partial charge in [-0.2, -0.15) is 11.8 Å². The molecule has 0 atom stereocenters. The number of hydrogen-bond acceptors (Lipinski definition) is 6. The number of carbonyl (C=O) groups is 2. The van der Waals surface area contributed by atoms with Gasteiger partial charge in [-0.05, 0) is 31.3 Å². The summed E-state index contributed by atoms with van der Waals surface area (Å²) in [5.41, 5.74) is -1.17. The molecule has 2 amide bonds. The van der Waals surface area contributed by atoms with E-state index in [1.807, 2.05) is 0 Å². The van der Waals surface area contributed by atoms with Crippen LogP contribution in [0.2, 0.25) is 0 Å². The lowest BCUT2D eigenvalue weighted by Crippen LogP contribution is -2.40. The lowest BCUT2D eigenvalue weighted by atomic mass is 9.75. The first-order valence-electron chi connectivity index (χ1n) is 8.27. The molecule has 1 aromatic heterocycles. The predicted octanol–water partition coefficient (Wildman–Crippen LogP) is 1.06. The Balaban J connectivity index is 2.17. The topological polar surface area (TPSA) is 109 Å². The van der Waals surface area contributed by atoms with Crippen molar-refractivity contribution in [3.8, 4) is 5.75 Å². The zero-order chi connectivity index (χ0) is 18.4. The van der Waals surface area contributed by atoms with Crippen LogP contribution in [0.3, 0.4) is 0 Å². The number of amides is 2. The van der Waals surface area contributed by atoms with E-state index in [1.54, 1.807) is 18.7 Å². The largest absolute Gasteiger partial charge is 0.502 e. The first kappa shape index (κ1) is 19.4. The van der Waals surface area contributed by atoms with E-state index in [1.165, 1.54) is 13.0 Å². The SMILES string of the molecule is CC(=O)NCCNC(=O)CC1(c2oc(C)cc(=O)c2O)CCSCC1. The number of thioether (sulfide) groups is 1. The average molecular weight is 368 g/mol. The number of nitrogens with one attached hydrogen (secondary N) is 2. The van der Waals surface area contributed by atoms with Crippen molar-refractivity contribution in [2.24, 2.45) is 0 Å². The zero-order valence-electron chi connectivity index (χ0n) is 14.5. The first-order chi connectivity index (χ1) is 11.8. The highest BCUT2D eigenvalue weighted by atomic mass is 32.2. The Hall–Kier alpha value is -1.96. The van der Waals surface area contributed by atoms with Crippen LogP contribution in [0.1, 0.15) is 37.7 Å². The van der Waals surface area contributed by atoms with Crippen LogP contribution >= 0.6 is 11.8 Å². The first-order valence-corrected chi connectivity index (χ1v) is 9.42. The third kappa shape index (κ3) is 5.01. The summed E-state index contributed by atoms with van der Waals surface area (Å²) in [7, 11) is 0. The van der Waals surface area contributed by atoms with E-state index in [9.17, 15) is 19.5 Å². The van der Waals surface area contributed by atoms with E-state index < -0.39 is 16.6 Å². The van der Waals surface area contributed by atoms with Crippen molar-refractivity contribution in [2.75, 3.05) is 24.6 Å². The normalized spacial score (nSPS) is 16.2. The molecule has 1 aromatic rings. The summed E-state index contributed by atoms with van der Waals surface area (Å²) in [6.45, 7) is 3.75. The lowest BCUT2D eigenvalue weighted by Gasteiger charge is -2.35. The van der Waals surface area contributed by atoms with Crippen LogP contribution < -0.4 is 16.1 Å². The van der Waals surface area contributed by atoms with Gasteiger partial charge in [0.1, 0.15) is 5.76 Å². The van der Waals surface area contributed by atoms with Crippen molar-refractivity contribution in [3.63, 3.8) is 0 Å². The van der Waals surface area contributed by atoms with Crippen molar-refractivity contribution in [1.82, 2.24) is 10.6 Å². The third-order valence-electron chi connectivity index (χ3n) is 4.30. The Morgan fingerprint density at radius 1 is 1.28 bits per heavy atom.